The van der Waals surface area contributed by atoms with Crippen LogP contribution >= 0.6 is 0 Å². The number of aryl methyl sites for hydroxylation is 1. The van der Waals surface area contributed by atoms with E-state index in [2.05, 4.69) is 11.9 Å². The third kappa shape index (κ3) is 1.94. The van der Waals surface area contributed by atoms with Gasteiger partial charge < -0.3 is 10.3 Å². The first kappa shape index (κ1) is 12.6. The van der Waals surface area contributed by atoms with Crippen molar-refractivity contribution in [3.05, 3.63) is 29.8 Å². The lowest BCUT2D eigenvalue weighted by Gasteiger charge is -2.35. The molecule has 3 nitrogen and oxygen atoms in total. The van der Waals surface area contributed by atoms with Gasteiger partial charge >= 0.3 is 0 Å². The Labute approximate surface area is 112 Å². The molecule has 19 heavy (non-hydrogen) atoms. The molecule has 102 valence electrons. The summed E-state index contributed by atoms with van der Waals surface area (Å²) in [4.78, 5) is 4.50. The van der Waals surface area contributed by atoms with Crippen LogP contribution in [0.2, 0.25) is 0 Å². The van der Waals surface area contributed by atoms with Crippen molar-refractivity contribution in [1.29, 1.82) is 0 Å². The average Bonchev–Trinajstić information content (AvgIpc) is 2.74. The molecule has 1 aromatic carbocycles. The molecule has 1 saturated carbocycles. The molecule has 1 aromatic heterocycles. The lowest BCUT2D eigenvalue weighted by atomic mass is 9.77. The van der Waals surface area contributed by atoms with Crippen LogP contribution in [0.15, 0.2) is 18.2 Å². The number of para-hydroxylation sites is 1. The van der Waals surface area contributed by atoms with Gasteiger partial charge in [-0.3, -0.25) is 0 Å². The Morgan fingerprint density at radius 1 is 1.37 bits per heavy atom. The Hall–Kier alpha value is -1.42. The highest BCUT2D eigenvalue weighted by molar-refractivity contribution is 5.76. The molecular weight excluding hydrogens is 241 g/mol. The summed E-state index contributed by atoms with van der Waals surface area (Å²) in [5, 5.41) is 0. The predicted octanol–water partition coefficient (Wildman–Crippen LogP) is 3.08. The zero-order valence-electron chi connectivity index (χ0n) is 11.5. The van der Waals surface area contributed by atoms with Gasteiger partial charge in [0.05, 0.1) is 11.1 Å². The van der Waals surface area contributed by atoms with Crippen LogP contribution in [-0.4, -0.2) is 9.55 Å². The quantitative estimate of drug-likeness (QED) is 0.857. The molecule has 0 amide bonds. The zero-order valence-corrected chi connectivity index (χ0v) is 11.5. The number of nitrogens with zero attached hydrogens (tertiary/aromatic N) is 2. The fourth-order valence-electron chi connectivity index (χ4n) is 3.13. The van der Waals surface area contributed by atoms with E-state index in [0.29, 0.717) is 5.52 Å². The Bertz CT molecular complexity index is 609. The molecule has 0 bridgehead atoms. The highest BCUT2D eigenvalue weighted by Crippen LogP contribution is 2.37. The highest BCUT2D eigenvalue weighted by Gasteiger charge is 2.36. The third-order valence-corrected chi connectivity index (χ3v) is 4.47. The molecule has 0 spiro atoms. The average molecular weight is 261 g/mol. The van der Waals surface area contributed by atoms with Crippen molar-refractivity contribution in [3.8, 4) is 0 Å². The van der Waals surface area contributed by atoms with Gasteiger partial charge in [0.1, 0.15) is 11.3 Å². The van der Waals surface area contributed by atoms with E-state index in [9.17, 15) is 4.39 Å². The fraction of sp³-hybridized carbons (Fsp3) is 0.533. The molecule has 1 fully saturated rings. The summed E-state index contributed by atoms with van der Waals surface area (Å²) in [7, 11) is 1.93. The number of fused-ring (bicyclic) bond motifs is 1. The van der Waals surface area contributed by atoms with Gasteiger partial charge in [-0.15, -0.1) is 0 Å². The van der Waals surface area contributed by atoms with Crippen LogP contribution in [0.4, 0.5) is 4.39 Å². The maximum Gasteiger partial charge on any atom is 0.151 e. The van der Waals surface area contributed by atoms with E-state index in [1.807, 2.05) is 17.7 Å². The summed E-state index contributed by atoms with van der Waals surface area (Å²) in [6.45, 7) is 2.26. The molecule has 1 aliphatic rings. The van der Waals surface area contributed by atoms with Crippen molar-refractivity contribution in [3.63, 3.8) is 0 Å². The Morgan fingerprint density at radius 3 is 2.68 bits per heavy atom. The van der Waals surface area contributed by atoms with Crippen LogP contribution in [0.5, 0.6) is 0 Å². The summed E-state index contributed by atoms with van der Waals surface area (Å²) in [6.07, 6.45) is 4.07. The van der Waals surface area contributed by atoms with Crippen molar-refractivity contribution < 1.29 is 4.39 Å². The number of rotatable bonds is 1. The Balaban J connectivity index is 2.10. The standard InChI is InChI=1S/C15H20FN3/c1-10-6-8-15(17,9-7-10)14-18-13-11(16)4-3-5-12(13)19(14)2/h3-5,10H,6-9,17H2,1-2H3. The maximum atomic E-state index is 13.8. The largest absolute Gasteiger partial charge is 0.329 e. The van der Waals surface area contributed by atoms with Crippen molar-refractivity contribution >= 4 is 11.0 Å². The van der Waals surface area contributed by atoms with Gasteiger partial charge in [-0.05, 0) is 43.7 Å². The molecule has 0 atom stereocenters. The molecule has 0 radical (unpaired) electrons. The van der Waals surface area contributed by atoms with Gasteiger partial charge in [0.25, 0.3) is 0 Å². The van der Waals surface area contributed by atoms with E-state index < -0.39 is 5.54 Å². The van der Waals surface area contributed by atoms with Crippen LogP contribution in [0.1, 0.15) is 38.4 Å². The van der Waals surface area contributed by atoms with Crippen LogP contribution < -0.4 is 5.73 Å². The van der Waals surface area contributed by atoms with Crippen molar-refractivity contribution in [2.24, 2.45) is 18.7 Å². The molecule has 1 aliphatic carbocycles. The van der Waals surface area contributed by atoms with E-state index in [0.717, 1.165) is 42.9 Å². The molecule has 2 N–H and O–H groups in total. The molecular formula is C15H20FN3. The Kier molecular flexibility index (Phi) is 2.86. The second-order valence-electron chi connectivity index (χ2n) is 5.94. The minimum atomic E-state index is -0.410. The SMILES string of the molecule is CC1CCC(N)(c2nc3c(F)cccc3n2C)CC1. The summed E-state index contributed by atoms with van der Waals surface area (Å²) < 4.78 is 15.8. The van der Waals surface area contributed by atoms with E-state index in [1.54, 1.807) is 6.07 Å². The summed E-state index contributed by atoms with van der Waals surface area (Å²) in [5.41, 5.74) is 7.39. The predicted molar refractivity (Wildman–Crippen MR) is 74.2 cm³/mol. The molecule has 0 saturated heterocycles. The van der Waals surface area contributed by atoms with Gasteiger partial charge in [-0.1, -0.05) is 13.0 Å². The first-order valence-corrected chi connectivity index (χ1v) is 6.91. The van der Waals surface area contributed by atoms with Gasteiger partial charge in [0.15, 0.2) is 5.82 Å². The van der Waals surface area contributed by atoms with E-state index >= 15 is 0 Å². The minimum absolute atomic E-state index is 0.271. The minimum Gasteiger partial charge on any atom is -0.329 e. The number of benzene rings is 1. The van der Waals surface area contributed by atoms with Gasteiger partial charge in [0, 0.05) is 7.05 Å². The second kappa shape index (κ2) is 4.30. The summed E-state index contributed by atoms with van der Waals surface area (Å²) >= 11 is 0. The lowest BCUT2D eigenvalue weighted by molar-refractivity contribution is 0.233. The molecule has 2 aromatic rings. The number of aromatic nitrogens is 2. The second-order valence-corrected chi connectivity index (χ2v) is 5.94. The van der Waals surface area contributed by atoms with Gasteiger partial charge in [-0.2, -0.15) is 0 Å². The monoisotopic (exact) mass is 261 g/mol. The van der Waals surface area contributed by atoms with E-state index in [1.165, 1.54) is 6.07 Å². The molecule has 1 heterocycles. The van der Waals surface area contributed by atoms with Crippen LogP contribution in [0.25, 0.3) is 11.0 Å². The number of hydrogen-bond acceptors (Lipinski definition) is 2. The molecule has 4 heteroatoms. The highest BCUT2D eigenvalue weighted by atomic mass is 19.1. The van der Waals surface area contributed by atoms with Crippen LogP contribution in [0, 0.1) is 11.7 Å². The fourth-order valence-corrected chi connectivity index (χ4v) is 3.13. The third-order valence-electron chi connectivity index (χ3n) is 4.47. The Morgan fingerprint density at radius 2 is 2.05 bits per heavy atom. The maximum absolute atomic E-state index is 13.8. The number of hydrogen-bond donors (Lipinski definition) is 1. The van der Waals surface area contributed by atoms with Gasteiger partial charge in [0.2, 0.25) is 0 Å². The number of nitrogens with two attached hydrogens (primary N) is 1. The first-order valence-electron chi connectivity index (χ1n) is 6.91. The topological polar surface area (TPSA) is 43.8 Å². The zero-order chi connectivity index (χ0) is 13.6. The van der Waals surface area contributed by atoms with Crippen molar-refractivity contribution in [2.45, 2.75) is 38.1 Å². The van der Waals surface area contributed by atoms with E-state index in [4.69, 9.17) is 5.73 Å². The first-order chi connectivity index (χ1) is 9.01. The number of imidazole rings is 1. The molecule has 3 rings (SSSR count). The molecule has 0 aliphatic heterocycles. The lowest BCUT2D eigenvalue weighted by Crippen LogP contribution is -2.42. The van der Waals surface area contributed by atoms with Crippen molar-refractivity contribution in [1.82, 2.24) is 9.55 Å². The smallest absolute Gasteiger partial charge is 0.151 e. The summed E-state index contributed by atoms with van der Waals surface area (Å²) in [6, 6.07) is 5.06. The van der Waals surface area contributed by atoms with Crippen molar-refractivity contribution in [2.75, 3.05) is 0 Å². The number of halogens is 1. The molecule has 0 unspecified atom stereocenters. The van der Waals surface area contributed by atoms with E-state index in [-0.39, 0.29) is 5.82 Å². The summed E-state index contributed by atoms with van der Waals surface area (Å²) in [5.74, 6) is 1.27. The van der Waals surface area contributed by atoms with Gasteiger partial charge in [-0.25, -0.2) is 9.37 Å². The van der Waals surface area contributed by atoms with Crippen LogP contribution in [0.3, 0.4) is 0 Å². The normalized spacial score (nSPS) is 27.9. The van der Waals surface area contributed by atoms with Crippen LogP contribution in [-0.2, 0) is 12.6 Å².